The van der Waals surface area contributed by atoms with Gasteiger partial charge in [-0.3, -0.25) is 4.79 Å². The maximum Gasteiger partial charge on any atom is 0.322 e. The third-order valence-electron chi connectivity index (χ3n) is 3.08. The zero-order chi connectivity index (χ0) is 13.6. The molecule has 106 valence electrons. The molecule has 0 aromatic rings. The van der Waals surface area contributed by atoms with Gasteiger partial charge < -0.3 is 5.11 Å². The quantitative estimate of drug-likeness (QED) is 0.784. The monoisotopic (exact) mass is 278 g/mol. The Morgan fingerprint density at radius 2 is 2.00 bits per heavy atom. The molecule has 1 heterocycles. The van der Waals surface area contributed by atoms with E-state index in [1.54, 1.807) is 0 Å². The molecule has 18 heavy (non-hydrogen) atoms. The molecule has 0 amide bonds. The highest BCUT2D eigenvalue weighted by atomic mass is 32.2. The fourth-order valence-corrected chi connectivity index (χ4v) is 3.63. The maximum absolute atomic E-state index is 12.1. The van der Waals surface area contributed by atoms with Crippen molar-refractivity contribution >= 4 is 16.2 Å². The van der Waals surface area contributed by atoms with E-state index >= 15 is 0 Å². The fraction of sp³-hybridized carbons (Fsp3) is 0.909. The molecule has 1 aliphatic heterocycles. The molecule has 0 aliphatic carbocycles. The van der Waals surface area contributed by atoms with E-state index in [4.69, 9.17) is 0 Å². The first kappa shape index (κ1) is 15.4. The van der Waals surface area contributed by atoms with Gasteiger partial charge in [-0.1, -0.05) is 26.2 Å². The Balaban J connectivity index is 2.86. The predicted molar refractivity (Wildman–Crippen MR) is 68.4 cm³/mol. The van der Waals surface area contributed by atoms with Crippen LogP contribution in [0.15, 0.2) is 0 Å². The van der Waals surface area contributed by atoms with Gasteiger partial charge in [-0.05, 0) is 19.3 Å². The van der Waals surface area contributed by atoms with Crippen molar-refractivity contribution in [3.8, 4) is 0 Å². The van der Waals surface area contributed by atoms with Crippen LogP contribution in [0.3, 0.4) is 0 Å². The zero-order valence-electron chi connectivity index (χ0n) is 10.8. The van der Waals surface area contributed by atoms with Gasteiger partial charge in [0.15, 0.2) is 0 Å². The molecule has 1 rings (SSSR count). The normalized spacial score (nSPS) is 23.3. The lowest BCUT2D eigenvalue weighted by molar-refractivity contribution is -0.141. The van der Waals surface area contributed by atoms with Crippen molar-refractivity contribution in [3.05, 3.63) is 0 Å². The molecule has 0 radical (unpaired) electrons. The molecular formula is C11H22N2O4S. The van der Waals surface area contributed by atoms with Crippen molar-refractivity contribution in [2.24, 2.45) is 0 Å². The Bertz CT molecular complexity index is 369. The van der Waals surface area contributed by atoms with Gasteiger partial charge in [0, 0.05) is 13.1 Å². The molecule has 0 aromatic heterocycles. The van der Waals surface area contributed by atoms with Gasteiger partial charge in [-0.25, -0.2) is 4.72 Å². The Morgan fingerprint density at radius 3 is 2.61 bits per heavy atom. The largest absolute Gasteiger partial charge is 0.480 e. The number of nitrogens with one attached hydrogen (secondary N) is 1. The minimum Gasteiger partial charge on any atom is -0.480 e. The number of carboxylic acid groups (broad SMARTS) is 1. The summed E-state index contributed by atoms with van der Waals surface area (Å²) in [6.07, 6.45) is 4.48. The molecular weight excluding hydrogens is 256 g/mol. The van der Waals surface area contributed by atoms with Crippen LogP contribution >= 0.6 is 0 Å². The molecule has 1 fully saturated rings. The molecule has 0 spiro atoms. The predicted octanol–water partition coefficient (Wildman–Crippen LogP) is 0.950. The Kier molecular flexibility index (Phi) is 6.04. The summed E-state index contributed by atoms with van der Waals surface area (Å²) in [5.74, 6) is -1.06. The summed E-state index contributed by atoms with van der Waals surface area (Å²) in [5.41, 5.74) is 0. The number of rotatable bonds is 5. The fourth-order valence-electron chi connectivity index (χ4n) is 2.11. The molecule has 1 saturated heterocycles. The second-order valence-electron chi connectivity index (χ2n) is 4.57. The van der Waals surface area contributed by atoms with Crippen molar-refractivity contribution < 1.29 is 18.3 Å². The molecule has 1 aliphatic rings. The van der Waals surface area contributed by atoms with Crippen molar-refractivity contribution in [3.63, 3.8) is 0 Å². The summed E-state index contributed by atoms with van der Waals surface area (Å²) in [6.45, 7) is 2.49. The average molecular weight is 278 g/mol. The van der Waals surface area contributed by atoms with E-state index in [9.17, 15) is 18.3 Å². The highest BCUT2D eigenvalue weighted by Gasteiger charge is 2.34. The van der Waals surface area contributed by atoms with Crippen LogP contribution in [0.25, 0.3) is 0 Å². The minimum absolute atomic E-state index is 0.288. The number of carbonyl (C=O) groups is 1. The van der Waals surface area contributed by atoms with Crippen LogP contribution in [-0.4, -0.2) is 42.9 Å². The zero-order valence-corrected chi connectivity index (χ0v) is 11.6. The van der Waals surface area contributed by atoms with Crippen LogP contribution in [0.4, 0.5) is 0 Å². The highest BCUT2D eigenvalue weighted by Crippen LogP contribution is 2.19. The lowest BCUT2D eigenvalue weighted by Crippen LogP contribution is -2.50. The molecule has 7 heteroatoms. The summed E-state index contributed by atoms with van der Waals surface area (Å²) in [6, 6.07) is -0.931. The van der Waals surface area contributed by atoms with Crippen molar-refractivity contribution in [2.75, 3.05) is 13.1 Å². The molecule has 2 N–H and O–H groups in total. The van der Waals surface area contributed by atoms with Gasteiger partial charge in [-0.2, -0.15) is 12.7 Å². The SMILES string of the molecule is CCCNS(=O)(=O)N1CCCCCCC1C(=O)O. The van der Waals surface area contributed by atoms with Crippen LogP contribution in [0.5, 0.6) is 0 Å². The van der Waals surface area contributed by atoms with Gasteiger partial charge in [0.2, 0.25) is 0 Å². The Labute approximate surface area is 109 Å². The summed E-state index contributed by atoms with van der Waals surface area (Å²) in [5, 5.41) is 9.18. The third kappa shape index (κ3) is 4.22. The molecule has 1 atom stereocenters. The summed E-state index contributed by atoms with van der Waals surface area (Å²) < 4.78 is 27.7. The molecule has 0 saturated carbocycles. The van der Waals surface area contributed by atoms with E-state index in [-0.39, 0.29) is 6.54 Å². The van der Waals surface area contributed by atoms with Gasteiger partial charge in [0.1, 0.15) is 6.04 Å². The summed E-state index contributed by atoms with van der Waals surface area (Å²) in [7, 11) is -3.68. The van der Waals surface area contributed by atoms with Gasteiger partial charge in [0.05, 0.1) is 0 Å². The topological polar surface area (TPSA) is 86.7 Å². The lowest BCUT2D eigenvalue weighted by Gasteiger charge is -2.29. The molecule has 1 unspecified atom stereocenters. The number of aliphatic carboxylic acids is 1. The first-order valence-electron chi connectivity index (χ1n) is 6.48. The maximum atomic E-state index is 12.1. The van der Waals surface area contributed by atoms with Crippen LogP contribution in [0.2, 0.25) is 0 Å². The van der Waals surface area contributed by atoms with Gasteiger partial charge >= 0.3 is 5.97 Å². The first-order valence-corrected chi connectivity index (χ1v) is 7.92. The van der Waals surface area contributed by atoms with E-state index in [0.29, 0.717) is 19.4 Å². The van der Waals surface area contributed by atoms with E-state index < -0.39 is 22.2 Å². The number of carboxylic acids is 1. The lowest BCUT2D eigenvalue weighted by atomic mass is 10.0. The summed E-state index contributed by atoms with van der Waals surface area (Å²) in [4.78, 5) is 11.2. The van der Waals surface area contributed by atoms with Crippen molar-refractivity contribution in [2.45, 2.75) is 51.5 Å². The van der Waals surface area contributed by atoms with E-state index in [2.05, 4.69) is 4.72 Å². The van der Waals surface area contributed by atoms with Crippen LogP contribution in [0, 0.1) is 0 Å². The van der Waals surface area contributed by atoms with Gasteiger partial charge in [0.25, 0.3) is 10.2 Å². The Hall–Kier alpha value is -0.660. The molecule has 0 aromatic carbocycles. The highest BCUT2D eigenvalue weighted by molar-refractivity contribution is 7.87. The second-order valence-corrected chi connectivity index (χ2v) is 6.27. The molecule has 6 nitrogen and oxygen atoms in total. The van der Waals surface area contributed by atoms with Crippen molar-refractivity contribution in [1.82, 2.24) is 9.03 Å². The van der Waals surface area contributed by atoms with E-state index in [0.717, 1.165) is 30.0 Å². The van der Waals surface area contributed by atoms with Gasteiger partial charge in [-0.15, -0.1) is 0 Å². The smallest absolute Gasteiger partial charge is 0.322 e. The average Bonchev–Trinajstić information content (AvgIpc) is 2.25. The minimum atomic E-state index is -3.68. The van der Waals surface area contributed by atoms with Crippen LogP contribution in [-0.2, 0) is 15.0 Å². The van der Waals surface area contributed by atoms with Crippen LogP contribution in [0.1, 0.15) is 45.4 Å². The van der Waals surface area contributed by atoms with E-state index in [1.165, 1.54) is 0 Å². The number of nitrogens with zero attached hydrogens (tertiary/aromatic N) is 1. The standard InChI is InChI=1S/C11H22N2O4S/c1-2-8-12-18(16,17)13-9-6-4-3-5-7-10(13)11(14)15/h10,12H,2-9H2,1H3,(H,14,15). The van der Waals surface area contributed by atoms with E-state index in [1.807, 2.05) is 6.92 Å². The van der Waals surface area contributed by atoms with Crippen LogP contribution < -0.4 is 4.72 Å². The number of hydrogen-bond acceptors (Lipinski definition) is 3. The summed E-state index contributed by atoms with van der Waals surface area (Å²) >= 11 is 0. The number of hydrogen-bond donors (Lipinski definition) is 2. The first-order chi connectivity index (χ1) is 8.49. The molecule has 0 bridgehead atoms. The Morgan fingerprint density at radius 1 is 1.33 bits per heavy atom. The third-order valence-corrected chi connectivity index (χ3v) is 4.71. The van der Waals surface area contributed by atoms with Crippen molar-refractivity contribution in [1.29, 1.82) is 0 Å². The second kappa shape index (κ2) is 7.06.